The van der Waals surface area contributed by atoms with Crippen molar-refractivity contribution in [3.05, 3.63) is 16.8 Å². The van der Waals surface area contributed by atoms with Gasteiger partial charge in [-0.15, -0.1) is 0 Å². The summed E-state index contributed by atoms with van der Waals surface area (Å²) in [6.45, 7) is 13.6. The third kappa shape index (κ3) is 6.31. The maximum atomic E-state index is 12.8. The van der Waals surface area contributed by atoms with Crippen molar-refractivity contribution in [3.63, 3.8) is 0 Å². The first-order valence-corrected chi connectivity index (χ1v) is 10.6. The van der Waals surface area contributed by atoms with Crippen molar-refractivity contribution in [2.24, 2.45) is 0 Å². The zero-order chi connectivity index (χ0) is 22.5. The number of amides is 2. The van der Waals surface area contributed by atoms with Crippen LogP contribution in [0, 0.1) is 25.2 Å². The zero-order valence-corrected chi connectivity index (χ0v) is 19.1. The smallest absolute Gasteiger partial charge is 0.239 e. The molecule has 1 saturated heterocycles. The van der Waals surface area contributed by atoms with E-state index in [9.17, 15) is 14.9 Å². The Morgan fingerprint density at radius 3 is 2.47 bits per heavy atom. The lowest BCUT2D eigenvalue weighted by Crippen LogP contribution is -2.47. The van der Waals surface area contributed by atoms with Crippen LogP contribution in [0.1, 0.15) is 57.4 Å². The molecule has 1 aromatic rings. The molecule has 8 nitrogen and oxygen atoms in total. The Hall–Kier alpha value is -2.37. The van der Waals surface area contributed by atoms with Crippen molar-refractivity contribution in [2.45, 2.75) is 72.6 Å². The van der Waals surface area contributed by atoms with E-state index in [4.69, 9.17) is 4.74 Å². The molecule has 8 heteroatoms. The fraction of sp³-hybridized carbons (Fsp3) is 0.682. The number of hydrogen-bond acceptors (Lipinski definition) is 5. The van der Waals surface area contributed by atoms with Crippen molar-refractivity contribution in [1.82, 2.24) is 14.8 Å². The van der Waals surface area contributed by atoms with Gasteiger partial charge >= 0.3 is 0 Å². The van der Waals surface area contributed by atoms with E-state index in [0.29, 0.717) is 24.5 Å². The molecule has 0 bridgehead atoms. The minimum atomic E-state index is -0.321. The summed E-state index contributed by atoms with van der Waals surface area (Å²) in [4.78, 5) is 26.8. The second-order valence-corrected chi connectivity index (χ2v) is 8.94. The summed E-state index contributed by atoms with van der Waals surface area (Å²) in [5.41, 5.74) is 1.97. The van der Waals surface area contributed by atoms with Crippen molar-refractivity contribution in [1.29, 1.82) is 5.26 Å². The maximum Gasteiger partial charge on any atom is 0.239 e. The summed E-state index contributed by atoms with van der Waals surface area (Å²) >= 11 is 0. The van der Waals surface area contributed by atoms with Crippen LogP contribution >= 0.6 is 0 Å². The number of rotatable bonds is 8. The first-order chi connectivity index (χ1) is 14.1. The van der Waals surface area contributed by atoms with Crippen LogP contribution in [0.25, 0.3) is 0 Å². The van der Waals surface area contributed by atoms with E-state index in [1.165, 1.54) is 0 Å². The Morgan fingerprint density at radius 2 is 1.93 bits per heavy atom. The van der Waals surface area contributed by atoms with Gasteiger partial charge in [0, 0.05) is 17.8 Å². The van der Waals surface area contributed by atoms with Crippen molar-refractivity contribution in [3.8, 4) is 6.07 Å². The number of aromatic nitrogens is 1. The number of ether oxygens (including phenoxy) is 1. The SMILES string of the molecule is CCN(CC(=O)Nc1c(C#N)c(C)c(C)n1C[C@@H]1CCCO1)CC(=O)NC(C)(C)C. The summed E-state index contributed by atoms with van der Waals surface area (Å²) in [6.07, 6.45) is 2.09. The van der Waals surface area contributed by atoms with Gasteiger partial charge in [0.1, 0.15) is 11.9 Å². The van der Waals surface area contributed by atoms with Crippen LogP contribution in [0.3, 0.4) is 0 Å². The highest BCUT2D eigenvalue weighted by atomic mass is 16.5. The van der Waals surface area contributed by atoms with Gasteiger partial charge in [-0.25, -0.2) is 0 Å². The van der Waals surface area contributed by atoms with Crippen LogP contribution in [-0.4, -0.2) is 59.2 Å². The maximum absolute atomic E-state index is 12.8. The number of carbonyl (C=O) groups excluding carboxylic acids is 2. The van der Waals surface area contributed by atoms with E-state index in [1.807, 2.05) is 46.1 Å². The molecule has 1 aliphatic heterocycles. The lowest BCUT2D eigenvalue weighted by molar-refractivity contribution is -0.124. The Kier molecular flexibility index (Phi) is 8.04. The molecule has 0 unspecified atom stereocenters. The van der Waals surface area contributed by atoms with Crippen LogP contribution in [0.2, 0.25) is 0 Å². The highest BCUT2D eigenvalue weighted by Crippen LogP contribution is 2.28. The molecule has 0 aromatic carbocycles. The van der Waals surface area contributed by atoms with Gasteiger partial charge in [0.25, 0.3) is 0 Å². The molecule has 1 fully saturated rings. The number of likely N-dealkylation sites (N-methyl/N-ethyl adjacent to an activating group) is 1. The molecular weight excluding hydrogens is 382 g/mol. The average molecular weight is 418 g/mol. The van der Waals surface area contributed by atoms with E-state index >= 15 is 0 Å². The molecule has 0 saturated carbocycles. The quantitative estimate of drug-likeness (QED) is 0.676. The fourth-order valence-electron chi connectivity index (χ4n) is 3.67. The van der Waals surface area contributed by atoms with Gasteiger partial charge < -0.3 is 19.9 Å². The molecule has 1 aliphatic rings. The highest BCUT2D eigenvalue weighted by Gasteiger charge is 2.25. The zero-order valence-electron chi connectivity index (χ0n) is 19.1. The first-order valence-electron chi connectivity index (χ1n) is 10.6. The molecule has 166 valence electrons. The Morgan fingerprint density at radius 1 is 1.27 bits per heavy atom. The first kappa shape index (κ1) is 23.9. The molecule has 2 heterocycles. The van der Waals surface area contributed by atoms with E-state index in [-0.39, 0.29) is 36.5 Å². The third-order valence-corrected chi connectivity index (χ3v) is 5.31. The molecule has 1 atom stereocenters. The lowest BCUT2D eigenvalue weighted by atomic mass is 10.1. The van der Waals surface area contributed by atoms with Crippen LogP contribution in [0.5, 0.6) is 0 Å². The van der Waals surface area contributed by atoms with Crippen LogP contribution in [-0.2, 0) is 20.9 Å². The number of nitriles is 1. The van der Waals surface area contributed by atoms with Gasteiger partial charge in [-0.1, -0.05) is 6.92 Å². The van der Waals surface area contributed by atoms with Crippen molar-refractivity contribution < 1.29 is 14.3 Å². The summed E-state index contributed by atoms with van der Waals surface area (Å²) in [5.74, 6) is 0.148. The van der Waals surface area contributed by atoms with Gasteiger partial charge in [-0.2, -0.15) is 5.26 Å². The van der Waals surface area contributed by atoms with Gasteiger partial charge in [-0.3, -0.25) is 14.5 Å². The summed E-state index contributed by atoms with van der Waals surface area (Å²) in [5, 5.41) is 15.5. The predicted octanol–water partition coefficient (Wildman–Crippen LogP) is 2.33. The van der Waals surface area contributed by atoms with Crippen LogP contribution < -0.4 is 10.6 Å². The van der Waals surface area contributed by atoms with E-state index in [0.717, 1.165) is 30.7 Å². The Bertz CT molecular complexity index is 810. The second-order valence-electron chi connectivity index (χ2n) is 8.94. The summed E-state index contributed by atoms with van der Waals surface area (Å²) in [6, 6.07) is 2.23. The number of carbonyl (C=O) groups is 2. The van der Waals surface area contributed by atoms with Crippen molar-refractivity contribution in [2.75, 3.05) is 31.6 Å². The Balaban J connectivity index is 2.11. The van der Waals surface area contributed by atoms with E-state index in [1.54, 1.807) is 4.90 Å². The molecule has 0 spiro atoms. The standard InChI is InChI=1S/C22H35N5O3/c1-7-26(14-20(29)25-22(4,5)6)13-19(28)24-21-18(11-23)15(2)16(3)27(21)12-17-9-8-10-30-17/h17H,7-10,12-14H2,1-6H3,(H,24,28)(H,25,29)/t17-/m0/s1. The molecule has 2 N–H and O–H groups in total. The molecule has 0 radical (unpaired) electrons. The van der Waals surface area contributed by atoms with E-state index < -0.39 is 0 Å². The monoisotopic (exact) mass is 417 g/mol. The number of hydrogen-bond donors (Lipinski definition) is 2. The Labute approximate surface area is 179 Å². The minimum Gasteiger partial charge on any atom is -0.376 e. The van der Waals surface area contributed by atoms with E-state index in [2.05, 4.69) is 16.7 Å². The van der Waals surface area contributed by atoms with Crippen LogP contribution in [0.15, 0.2) is 0 Å². The largest absolute Gasteiger partial charge is 0.376 e. The van der Waals surface area contributed by atoms with Gasteiger partial charge in [0.05, 0.1) is 31.3 Å². The molecule has 30 heavy (non-hydrogen) atoms. The van der Waals surface area contributed by atoms with Crippen LogP contribution in [0.4, 0.5) is 5.82 Å². The normalized spacial score (nSPS) is 16.5. The predicted molar refractivity (Wildman–Crippen MR) is 116 cm³/mol. The summed E-state index contributed by atoms with van der Waals surface area (Å²) in [7, 11) is 0. The molecule has 0 aliphatic carbocycles. The third-order valence-electron chi connectivity index (χ3n) is 5.31. The summed E-state index contributed by atoms with van der Waals surface area (Å²) < 4.78 is 7.73. The van der Waals surface area contributed by atoms with Gasteiger partial charge in [0.15, 0.2) is 0 Å². The topological polar surface area (TPSA) is 99.4 Å². The number of nitrogens with one attached hydrogen (secondary N) is 2. The number of anilines is 1. The van der Waals surface area contributed by atoms with Gasteiger partial charge in [-0.05, 0) is 59.6 Å². The highest BCUT2D eigenvalue weighted by molar-refractivity contribution is 5.93. The molecule has 2 rings (SSSR count). The number of nitrogens with zero attached hydrogens (tertiary/aromatic N) is 3. The van der Waals surface area contributed by atoms with Gasteiger partial charge in [0.2, 0.25) is 11.8 Å². The second kappa shape index (κ2) is 10.1. The average Bonchev–Trinajstić information content (AvgIpc) is 3.22. The minimum absolute atomic E-state index is 0.0716. The molecule has 2 amide bonds. The van der Waals surface area contributed by atoms with Crippen molar-refractivity contribution >= 4 is 17.6 Å². The lowest BCUT2D eigenvalue weighted by Gasteiger charge is -2.24. The fourth-order valence-corrected chi connectivity index (χ4v) is 3.67. The molecule has 1 aromatic heterocycles. The molecular formula is C22H35N5O3.